The SMILES string of the molecule is CC(NCCc1ccsc1)c1ccc(Br)cc1F. The summed E-state index contributed by atoms with van der Waals surface area (Å²) < 4.78 is 14.5. The van der Waals surface area contributed by atoms with E-state index in [0.717, 1.165) is 17.4 Å². The number of rotatable bonds is 5. The number of halogens is 2. The van der Waals surface area contributed by atoms with E-state index < -0.39 is 0 Å². The van der Waals surface area contributed by atoms with E-state index in [-0.39, 0.29) is 11.9 Å². The van der Waals surface area contributed by atoms with E-state index in [9.17, 15) is 4.39 Å². The molecule has 1 heterocycles. The van der Waals surface area contributed by atoms with Gasteiger partial charge in [0.2, 0.25) is 0 Å². The summed E-state index contributed by atoms with van der Waals surface area (Å²) in [5.74, 6) is -0.167. The molecule has 0 aliphatic rings. The molecule has 0 aliphatic carbocycles. The van der Waals surface area contributed by atoms with Crippen molar-refractivity contribution in [2.75, 3.05) is 6.54 Å². The molecule has 1 atom stereocenters. The van der Waals surface area contributed by atoms with E-state index in [0.29, 0.717) is 5.56 Å². The maximum atomic E-state index is 13.7. The van der Waals surface area contributed by atoms with Crippen LogP contribution in [0, 0.1) is 5.82 Å². The highest BCUT2D eigenvalue weighted by Gasteiger charge is 2.10. The first-order valence-corrected chi connectivity index (χ1v) is 7.60. The van der Waals surface area contributed by atoms with Gasteiger partial charge in [-0.15, -0.1) is 0 Å². The Balaban J connectivity index is 1.89. The van der Waals surface area contributed by atoms with Crippen LogP contribution in [-0.2, 0) is 6.42 Å². The second-order valence-electron chi connectivity index (χ2n) is 4.22. The van der Waals surface area contributed by atoms with Crippen molar-refractivity contribution in [1.82, 2.24) is 5.32 Å². The molecule has 1 nitrogen and oxygen atoms in total. The van der Waals surface area contributed by atoms with E-state index in [4.69, 9.17) is 0 Å². The van der Waals surface area contributed by atoms with Gasteiger partial charge in [0.05, 0.1) is 0 Å². The van der Waals surface area contributed by atoms with Crippen LogP contribution in [0.5, 0.6) is 0 Å². The zero-order valence-electron chi connectivity index (χ0n) is 10.1. The van der Waals surface area contributed by atoms with Crippen LogP contribution in [0.2, 0.25) is 0 Å². The van der Waals surface area contributed by atoms with Crippen LogP contribution in [0.15, 0.2) is 39.5 Å². The molecular weight excluding hydrogens is 313 g/mol. The van der Waals surface area contributed by atoms with Gasteiger partial charge in [0, 0.05) is 16.1 Å². The second kappa shape index (κ2) is 6.45. The predicted molar refractivity (Wildman–Crippen MR) is 78.5 cm³/mol. The summed E-state index contributed by atoms with van der Waals surface area (Å²) in [6, 6.07) is 7.34. The van der Waals surface area contributed by atoms with Crippen molar-refractivity contribution in [2.24, 2.45) is 0 Å². The van der Waals surface area contributed by atoms with Gasteiger partial charge in [-0.2, -0.15) is 11.3 Å². The third-order valence-corrected chi connectivity index (χ3v) is 4.10. The van der Waals surface area contributed by atoms with Crippen LogP contribution < -0.4 is 5.32 Å². The van der Waals surface area contributed by atoms with E-state index in [1.807, 2.05) is 19.1 Å². The normalized spacial score (nSPS) is 12.6. The van der Waals surface area contributed by atoms with E-state index in [1.165, 1.54) is 11.6 Å². The zero-order valence-corrected chi connectivity index (χ0v) is 12.5. The molecule has 96 valence electrons. The molecule has 1 aromatic carbocycles. The van der Waals surface area contributed by atoms with Crippen molar-refractivity contribution in [1.29, 1.82) is 0 Å². The molecule has 4 heteroatoms. The van der Waals surface area contributed by atoms with Gasteiger partial charge < -0.3 is 5.32 Å². The Morgan fingerprint density at radius 2 is 2.22 bits per heavy atom. The molecule has 0 spiro atoms. The minimum Gasteiger partial charge on any atom is -0.310 e. The van der Waals surface area contributed by atoms with Crippen molar-refractivity contribution in [3.63, 3.8) is 0 Å². The van der Waals surface area contributed by atoms with Crippen LogP contribution >= 0.6 is 27.3 Å². The van der Waals surface area contributed by atoms with E-state index in [1.54, 1.807) is 11.3 Å². The molecule has 18 heavy (non-hydrogen) atoms. The first-order chi connectivity index (χ1) is 8.66. The Morgan fingerprint density at radius 3 is 2.89 bits per heavy atom. The van der Waals surface area contributed by atoms with Gasteiger partial charge >= 0.3 is 0 Å². The van der Waals surface area contributed by atoms with E-state index >= 15 is 0 Å². The molecular formula is C14H15BrFNS. The fourth-order valence-corrected chi connectivity index (χ4v) is 2.87. The topological polar surface area (TPSA) is 12.0 Å². The molecule has 2 rings (SSSR count). The average molecular weight is 328 g/mol. The zero-order chi connectivity index (χ0) is 13.0. The number of thiophene rings is 1. The lowest BCUT2D eigenvalue weighted by Crippen LogP contribution is -2.22. The first kappa shape index (κ1) is 13.7. The van der Waals surface area contributed by atoms with Crippen molar-refractivity contribution in [3.05, 3.63) is 56.4 Å². The number of hydrogen-bond acceptors (Lipinski definition) is 2. The fraction of sp³-hybridized carbons (Fsp3) is 0.286. The van der Waals surface area contributed by atoms with Crippen LogP contribution in [0.3, 0.4) is 0 Å². The molecule has 1 aromatic heterocycles. The molecule has 0 saturated carbocycles. The highest BCUT2D eigenvalue weighted by Crippen LogP contribution is 2.20. The quantitative estimate of drug-likeness (QED) is 0.849. The van der Waals surface area contributed by atoms with Gasteiger partial charge in [0.15, 0.2) is 0 Å². The Hall–Kier alpha value is -0.710. The monoisotopic (exact) mass is 327 g/mol. The second-order valence-corrected chi connectivity index (χ2v) is 5.92. The molecule has 0 fully saturated rings. The number of hydrogen-bond donors (Lipinski definition) is 1. The third-order valence-electron chi connectivity index (χ3n) is 2.87. The largest absolute Gasteiger partial charge is 0.310 e. The lowest BCUT2D eigenvalue weighted by Gasteiger charge is -2.15. The van der Waals surface area contributed by atoms with Crippen molar-refractivity contribution in [3.8, 4) is 0 Å². The summed E-state index contributed by atoms with van der Waals surface area (Å²) in [6.45, 7) is 2.84. The minimum absolute atomic E-state index is 0.0248. The number of benzene rings is 1. The third kappa shape index (κ3) is 3.64. The lowest BCUT2D eigenvalue weighted by molar-refractivity contribution is 0.530. The maximum Gasteiger partial charge on any atom is 0.129 e. The summed E-state index contributed by atoms with van der Waals surface area (Å²) in [4.78, 5) is 0. The van der Waals surface area contributed by atoms with Gasteiger partial charge in [0.1, 0.15) is 5.82 Å². The average Bonchev–Trinajstić information content (AvgIpc) is 2.81. The summed E-state index contributed by atoms with van der Waals surface area (Å²) in [6.07, 6.45) is 0.978. The summed E-state index contributed by atoms with van der Waals surface area (Å²) in [5.41, 5.74) is 2.04. The smallest absolute Gasteiger partial charge is 0.129 e. The standard InChI is InChI=1S/C14H15BrFNS/c1-10(13-3-2-12(15)8-14(13)16)17-6-4-11-5-7-18-9-11/h2-3,5,7-10,17H,4,6H2,1H3. The van der Waals surface area contributed by atoms with Gasteiger partial charge in [-0.05, 0) is 54.4 Å². The minimum atomic E-state index is -0.167. The van der Waals surface area contributed by atoms with E-state index in [2.05, 4.69) is 38.1 Å². The molecule has 0 bridgehead atoms. The van der Waals surface area contributed by atoms with Crippen LogP contribution in [0.1, 0.15) is 24.1 Å². The predicted octanol–water partition coefficient (Wildman–Crippen LogP) is 4.54. The maximum absolute atomic E-state index is 13.7. The van der Waals surface area contributed by atoms with Crippen molar-refractivity contribution >= 4 is 27.3 Å². The number of nitrogens with one attached hydrogen (secondary N) is 1. The van der Waals surface area contributed by atoms with Gasteiger partial charge in [0.25, 0.3) is 0 Å². The molecule has 0 radical (unpaired) electrons. The first-order valence-electron chi connectivity index (χ1n) is 5.86. The molecule has 0 saturated heterocycles. The summed E-state index contributed by atoms with van der Waals surface area (Å²) >= 11 is 4.97. The van der Waals surface area contributed by atoms with Crippen molar-refractivity contribution in [2.45, 2.75) is 19.4 Å². The van der Waals surface area contributed by atoms with Gasteiger partial charge in [-0.3, -0.25) is 0 Å². The summed E-state index contributed by atoms with van der Waals surface area (Å²) in [5, 5.41) is 7.57. The van der Waals surface area contributed by atoms with Gasteiger partial charge in [-0.25, -0.2) is 4.39 Å². The molecule has 0 aliphatic heterocycles. The molecule has 2 aromatic rings. The highest BCUT2D eigenvalue weighted by molar-refractivity contribution is 9.10. The Morgan fingerprint density at radius 1 is 1.39 bits per heavy atom. The fourth-order valence-electron chi connectivity index (χ4n) is 1.83. The van der Waals surface area contributed by atoms with Crippen molar-refractivity contribution < 1.29 is 4.39 Å². The Kier molecular flexibility index (Phi) is 4.92. The van der Waals surface area contributed by atoms with Gasteiger partial charge in [-0.1, -0.05) is 22.0 Å². The molecule has 1 N–H and O–H groups in total. The summed E-state index contributed by atoms with van der Waals surface area (Å²) in [7, 11) is 0. The highest BCUT2D eigenvalue weighted by atomic mass is 79.9. The Bertz CT molecular complexity index is 499. The molecule has 0 amide bonds. The molecule has 1 unspecified atom stereocenters. The van der Waals surface area contributed by atoms with Crippen LogP contribution in [0.25, 0.3) is 0 Å². The lowest BCUT2D eigenvalue weighted by atomic mass is 10.1. The van der Waals surface area contributed by atoms with Crippen LogP contribution in [-0.4, -0.2) is 6.54 Å². The Labute approximate surface area is 119 Å². The van der Waals surface area contributed by atoms with Crippen LogP contribution in [0.4, 0.5) is 4.39 Å².